The molecule has 2 aliphatic heterocycles. The Labute approximate surface area is 137 Å². The van der Waals surface area contributed by atoms with Crippen LogP contribution in [0.15, 0.2) is 29.4 Å². The van der Waals surface area contributed by atoms with Gasteiger partial charge in [-0.3, -0.25) is 9.80 Å². The van der Waals surface area contributed by atoms with E-state index in [2.05, 4.69) is 17.3 Å². The standard InChI is InChI=1S/C16H22N4O.ClH/c1-12-7-9-20(18-12)15-5-3-14(4-6-15)16(21)19-10-8-17-13(2)11-19;/h3-6,13,17H,7-11H2,1-2H3;1H/t13-;/m1./s1. The van der Waals surface area contributed by atoms with Crippen molar-refractivity contribution in [2.45, 2.75) is 26.3 Å². The van der Waals surface area contributed by atoms with Crippen LogP contribution < -0.4 is 10.3 Å². The molecule has 120 valence electrons. The van der Waals surface area contributed by atoms with Gasteiger partial charge in [0.15, 0.2) is 0 Å². The topological polar surface area (TPSA) is 47.9 Å². The zero-order chi connectivity index (χ0) is 14.8. The monoisotopic (exact) mass is 322 g/mol. The van der Waals surface area contributed by atoms with Gasteiger partial charge in [-0.2, -0.15) is 5.10 Å². The van der Waals surface area contributed by atoms with Crippen molar-refractivity contribution in [2.24, 2.45) is 5.10 Å². The molecule has 0 spiro atoms. The molecule has 1 saturated heterocycles. The molecule has 1 fully saturated rings. The van der Waals surface area contributed by atoms with Gasteiger partial charge in [0.2, 0.25) is 0 Å². The minimum Gasteiger partial charge on any atom is -0.336 e. The molecule has 0 radical (unpaired) electrons. The summed E-state index contributed by atoms with van der Waals surface area (Å²) in [5, 5.41) is 9.83. The summed E-state index contributed by atoms with van der Waals surface area (Å²) in [6.45, 7) is 7.50. The van der Waals surface area contributed by atoms with E-state index in [-0.39, 0.29) is 18.3 Å². The Bertz CT molecular complexity index is 558. The zero-order valence-electron chi connectivity index (χ0n) is 13.1. The SMILES string of the molecule is CC1=NN(c2ccc(C(=O)N3CCN[C@H](C)C3)cc2)CC1.Cl. The summed E-state index contributed by atoms with van der Waals surface area (Å²) in [6.07, 6.45) is 1.01. The van der Waals surface area contributed by atoms with E-state index in [0.717, 1.165) is 49.6 Å². The molecule has 5 nitrogen and oxygen atoms in total. The Kier molecular flexibility index (Phi) is 5.42. The molecule has 1 atom stereocenters. The van der Waals surface area contributed by atoms with Crippen molar-refractivity contribution >= 4 is 29.7 Å². The van der Waals surface area contributed by atoms with E-state index in [1.807, 2.05) is 41.1 Å². The maximum absolute atomic E-state index is 12.5. The number of hydrogen-bond donors (Lipinski definition) is 1. The Morgan fingerprint density at radius 1 is 1.27 bits per heavy atom. The molecule has 22 heavy (non-hydrogen) atoms. The summed E-state index contributed by atoms with van der Waals surface area (Å²) in [4.78, 5) is 14.4. The van der Waals surface area contributed by atoms with Gasteiger partial charge in [0.05, 0.1) is 5.69 Å². The fourth-order valence-corrected chi connectivity index (χ4v) is 2.84. The van der Waals surface area contributed by atoms with Crippen molar-refractivity contribution < 1.29 is 4.79 Å². The third-order valence-electron chi connectivity index (χ3n) is 4.05. The molecule has 3 rings (SSSR count). The van der Waals surface area contributed by atoms with Crippen molar-refractivity contribution in [1.82, 2.24) is 10.2 Å². The Morgan fingerprint density at radius 2 is 2.00 bits per heavy atom. The van der Waals surface area contributed by atoms with Gasteiger partial charge in [0.25, 0.3) is 5.91 Å². The summed E-state index contributed by atoms with van der Waals surface area (Å²) >= 11 is 0. The number of anilines is 1. The summed E-state index contributed by atoms with van der Waals surface area (Å²) in [5.41, 5.74) is 2.97. The lowest BCUT2D eigenvalue weighted by atomic mass is 10.1. The molecule has 1 N–H and O–H groups in total. The molecule has 0 aliphatic carbocycles. The summed E-state index contributed by atoms with van der Waals surface area (Å²) in [7, 11) is 0. The average Bonchev–Trinajstić information content (AvgIpc) is 2.93. The molecule has 1 aromatic rings. The maximum Gasteiger partial charge on any atom is 0.253 e. The van der Waals surface area contributed by atoms with Crippen molar-refractivity contribution in [3.05, 3.63) is 29.8 Å². The minimum atomic E-state index is 0. The second kappa shape index (κ2) is 7.11. The van der Waals surface area contributed by atoms with E-state index in [0.29, 0.717) is 6.04 Å². The molecule has 0 saturated carbocycles. The quantitative estimate of drug-likeness (QED) is 0.907. The van der Waals surface area contributed by atoms with Crippen LogP contribution in [0.1, 0.15) is 30.6 Å². The predicted octanol–water partition coefficient (Wildman–Crippen LogP) is 2.13. The number of amides is 1. The first-order valence-corrected chi connectivity index (χ1v) is 7.58. The summed E-state index contributed by atoms with van der Waals surface area (Å²) < 4.78 is 0. The number of nitrogens with one attached hydrogen (secondary N) is 1. The number of nitrogens with zero attached hydrogens (tertiary/aromatic N) is 3. The fraction of sp³-hybridized carbons (Fsp3) is 0.500. The van der Waals surface area contributed by atoms with Crippen LogP contribution in [0, 0.1) is 0 Å². The lowest BCUT2D eigenvalue weighted by Gasteiger charge is -2.32. The Hall–Kier alpha value is -1.59. The number of carbonyl (C=O) groups excluding carboxylic acids is 1. The van der Waals surface area contributed by atoms with Crippen molar-refractivity contribution in [2.75, 3.05) is 31.2 Å². The molecule has 0 bridgehead atoms. The van der Waals surface area contributed by atoms with Crippen LogP contribution in [-0.4, -0.2) is 48.7 Å². The molecule has 1 amide bonds. The van der Waals surface area contributed by atoms with Gasteiger partial charge < -0.3 is 10.2 Å². The molecule has 2 heterocycles. The first kappa shape index (κ1) is 16.8. The Morgan fingerprint density at radius 3 is 2.59 bits per heavy atom. The van der Waals surface area contributed by atoms with Crippen molar-refractivity contribution in [3.63, 3.8) is 0 Å². The van der Waals surface area contributed by atoms with Gasteiger partial charge >= 0.3 is 0 Å². The van der Waals surface area contributed by atoms with Crippen molar-refractivity contribution in [3.8, 4) is 0 Å². The number of rotatable bonds is 2. The third kappa shape index (κ3) is 3.59. The van der Waals surface area contributed by atoms with Crippen LogP contribution in [0.4, 0.5) is 5.69 Å². The first-order chi connectivity index (χ1) is 10.1. The van der Waals surface area contributed by atoms with Gasteiger partial charge in [-0.05, 0) is 38.1 Å². The first-order valence-electron chi connectivity index (χ1n) is 7.58. The second-order valence-corrected chi connectivity index (χ2v) is 5.86. The smallest absolute Gasteiger partial charge is 0.253 e. The number of halogens is 1. The maximum atomic E-state index is 12.5. The molecular formula is C16H23ClN4O. The number of benzene rings is 1. The van der Waals surface area contributed by atoms with Crippen LogP contribution in [-0.2, 0) is 0 Å². The van der Waals surface area contributed by atoms with E-state index in [1.54, 1.807) is 0 Å². The van der Waals surface area contributed by atoms with E-state index >= 15 is 0 Å². The van der Waals surface area contributed by atoms with Crippen LogP contribution in [0.25, 0.3) is 0 Å². The van der Waals surface area contributed by atoms with Crippen LogP contribution >= 0.6 is 12.4 Å². The number of hydrazone groups is 1. The molecule has 1 aromatic carbocycles. The van der Waals surface area contributed by atoms with Crippen LogP contribution in [0.3, 0.4) is 0 Å². The molecular weight excluding hydrogens is 300 g/mol. The normalized spacial score (nSPS) is 21.4. The molecule has 0 unspecified atom stereocenters. The highest BCUT2D eigenvalue weighted by Crippen LogP contribution is 2.20. The highest BCUT2D eigenvalue weighted by atomic mass is 35.5. The zero-order valence-corrected chi connectivity index (χ0v) is 13.9. The summed E-state index contributed by atoms with van der Waals surface area (Å²) in [5.74, 6) is 0.121. The van der Waals surface area contributed by atoms with Gasteiger partial charge in [-0.15, -0.1) is 12.4 Å². The van der Waals surface area contributed by atoms with Crippen molar-refractivity contribution in [1.29, 1.82) is 0 Å². The van der Waals surface area contributed by atoms with Gasteiger partial charge in [0, 0.05) is 49.9 Å². The van der Waals surface area contributed by atoms with Gasteiger partial charge in [-0.1, -0.05) is 0 Å². The fourth-order valence-electron chi connectivity index (χ4n) is 2.84. The van der Waals surface area contributed by atoms with Gasteiger partial charge in [0.1, 0.15) is 0 Å². The summed E-state index contributed by atoms with van der Waals surface area (Å²) in [6, 6.07) is 8.16. The number of hydrogen-bond acceptors (Lipinski definition) is 4. The highest BCUT2D eigenvalue weighted by Gasteiger charge is 2.22. The second-order valence-electron chi connectivity index (χ2n) is 5.86. The van der Waals surface area contributed by atoms with E-state index in [4.69, 9.17) is 0 Å². The molecule has 2 aliphatic rings. The van der Waals surface area contributed by atoms with Gasteiger partial charge in [-0.25, -0.2) is 0 Å². The largest absolute Gasteiger partial charge is 0.336 e. The van der Waals surface area contributed by atoms with Crippen LogP contribution in [0.2, 0.25) is 0 Å². The molecule has 0 aromatic heterocycles. The van der Waals surface area contributed by atoms with E-state index in [9.17, 15) is 4.79 Å². The van der Waals surface area contributed by atoms with E-state index < -0.39 is 0 Å². The molecule has 6 heteroatoms. The highest BCUT2D eigenvalue weighted by molar-refractivity contribution is 5.94. The average molecular weight is 323 g/mol. The lowest BCUT2D eigenvalue weighted by Crippen LogP contribution is -2.51. The number of piperazine rings is 1. The van der Waals surface area contributed by atoms with E-state index in [1.165, 1.54) is 0 Å². The third-order valence-corrected chi connectivity index (χ3v) is 4.05. The minimum absolute atomic E-state index is 0. The van der Waals surface area contributed by atoms with Crippen LogP contribution in [0.5, 0.6) is 0 Å². The Balaban J connectivity index is 0.00000176. The predicted molar refractivity (Wildman–Crippen MR) is 92.1 cm³/mol. The number of carbonyl (C=O) groups is 1. The lowest BCUT2D eigenvalue weighted by molar-refractivity contribution is 0.0709.